The number of carbonyl (C=O) groups excluding carboxylic acids is 4. The third-order valence-electron chi connectivity index (χ3n) is 11.1. The summed E-state index contributed by atoms with van der Waals surface area (Å²) < 4.78 is 40.5. The molecule has 1 aromatic heterocycles. The van der Waals surface area contributed by atoms with Gasteiger partial charge in [-0.1, -0.05) is 63.2 Å². The Hall–Kier alpha value is -5.25. The number of hydrogen-bond acceptors (Lipinski definition) is 10. The minimum absolute atomic E-state index is 0.0834. The van der Waals surface area contributed by atoms with Crippen molar-refractivity contribution in [3.05, 3.63) is 71.7 Å². The van der Waals surface area contributed by atoms with Crippen LogP contribution in [0.3, 0.4) is 0 Å². The molecule has 2 unspecified atom stereocenters. The van der Waals surface area contributed by atoms with E-state index in [1.807, 2.05) is 42.5 Å². The van der Waals surface area contributed by atoms with E-state index in [2.05, 4.69) is 27.0 Å². The van der Waals surface area contributed by atoms with Gasteiger partial charge >= 0.3 is 6.09 Å². The lowest BCUT2D eigenvalue weighted by Crippen LogP contribution is -2.60. The first-order valence-corrected chi connectivity index (χ1v) is 20.7. The Morgan fingerprint density at radius 1 is 1.02 bits per heavy atom. The van der Waals surface area contributed by atoms with Crippen molar-refractivity contribution in [3.63, 3.8) is 0 Å². The Labute approximate surface area is 325 Å². The molecule has 4 heterocycles. The number of benzene rings is 2. The van der Waals surface area contributed by atoms with Gasteiger partial charge in [-0.05, 0) is 66.3 Å². The van der Waals surface area contributed by atoms with Crippen LogP contribution >= 0.6 is 0 Å². The van der Waals surface area contributed by atoms with Crippen LogP contribution in [0.4, 0.5) is 4.79 Å². The molecule has 3 N–H and O–H groups in total. The number of sulfonamides is 1. The van der Waals surface area contributed by atoms with Crippen LogP contribution in [0, 0.1) is 11.3 Å². The van der Waals surface area contributed by atoms with Gasteiger partial charge in [0.15, 0.2) is 5.75 Å². The Kier molecular flexibility index (Phi) is 10.5. The van der Waals surface area contributed by atoms with Crippen LogP contribution < -0.4 is 25.7 Å². The fourth-order valence-corrected chi connectivity index (χ4v) is 9.00. The van der Waals surface area contributed by atoms with Gasteiger partial charge in [0.2, 0.25) is 21.8 Å². The predicted molar refractivity (Wildman–Crippen MR) is 207 cm³/mol. The number of rotatable bonds is 7. The van der Waals surface area contributed by atoms with Gasteiger partial charge in [-0.15, -0.1) is 6.58 Å². The average Bonchev–Trinajstić information content (AvgIpc) is 4.08. The Balaban J connectivity index is 1.28. The standard InChI is InChI=1S/C40H48N6O9S/c1-5-27-21-40(27,37(50)44-56(52,53)29-15-16-29)43-34(47)30-20-28-23-45(30)36(49)33(39(2,3)4)42-38(51)55-18-10-6-9-17-54-31-22-41-46(28)35(48)32(31)26-14-13-24-11-7-8-12-25(24)19-26/h5,7-8,11-14,19,22,27-30,33H,1,6,9-10,15-18,20-21,23H2,2-4H3,(H,42,51)(H,43,47)(H,44,50)/t27?,28-,30+,33-,40?/m1/s1. The maximum Gasteiger partial charge on any atom is 0.407 e. The molecule has 0 spiro atoms. The molecule has 3 aliphatic heterocycles. The molecule has 4 amide bonds. The van der Waals surface area contributed by atoms with E-state index in [9.17, 15) is 32.4 Å². The van der Waals surface area contributed by atoms with Crippen LogP contribution in [0.15, 0.2) is 66.1 Å². The molecular weight excluding hydrogens is 741 g/mol. The van der Waals surface area contributed by atoms with Gasteiger partial charge < -0.3 is 25.0 Å². The molecule has 2 saturated carbocycles. The molecule has 3 aromatic rings. The molecule has 16 heteroatoms. The highest BCUT2D eigenvalue weighted by Gasteiger charge is 2.62. The van der Waals surface area contributed by atoms with Gasteiger partial charge in [0, 0.05) is 18.9 Å². The third-order valence-corrected chi connectivity index (χ3v) is 12.9. The van der Waals surface area contributed by atoms with E-state index in [0.717, 1.165) is 10.8 Å². The van der Waals surface area contributed by atoms with Gasteiger partial charge in [-0.25, -0.2) is 17.9 Å². The third kappa shape index (κ3) is 7.75. The molecule has 2 aromatic carbocycles. The number of hydrogen-bond donors (Lipinski definition) is 3. The minimum atomic E-state index is -3.94. The second-order valence-corrected chi connectivity index (χ2v) is 18.2. The molecule has 5 atom stereocenters. The summed E-state index contributed by atoms with van der Waals surface area (Å²) in [4.78, 5) is 71.6. The van der Waals surface area contributed by atoms with Crippen molar-refractivity contribution in [2.45, 2.75) is 94.6 Å². The topological polar surface area (TPSA) is 195 Å². The van der Waals surface area contributed by atoms with Crippen molar-refractivity contribution in [1.29, 1.82) is 0 Å². The molecule has 1 saturated heterocycles. The van der Waals surface area contributed by atoms with Gasteiger partial charge in [-0.3, -0.25) is 23.9 Å². The van der Waals surface area contributed by atoms with Crippen LogP contribution in [0.5, 0.6) is 5.75 Å². The Morgan fingerprint density at radius 2 is 1.73 bits per heavy atom. The first kappa shape index (κ1) is 39.0. The summed E-state index contributed by atoms with van der Waals surface area (Å²) in [6, 6.07) is 10.2. The predicted octanol–water partition coefficient (Wildman–Crippen LogP) is 3.58. The van der Waals surface area contributed by atoms with E-state index in [4.69, 9.17) is 9.47 Å². The highest BCUT2D eigenvalue weighted by Crippen LogP contribution is 2.46. The summed E-state index contributed by atoms with van der Waals surface area (Å²) in [5.74, 6) is -2.49. The molecule has 3 fully saturated rings. The minimum Gasteiger partial charge on any atom is -0.491 e. The fraction of sp³-hybridized carbons (Fsp3) is 0.500. The van der Waals surface area contributed by atoms with Crippen molar-refractivity contribution >= 4 is 44.6 Å². The number of ether oxygens (including phenoxy) is 2. The molecule has 0 radical (unpaired) electrons. The molecule has 2 aliphatic carbocycles. The number of fused-ring (bicyclic) bond motifs is 13. The number of aromatic nitrogens is 2. The number of nitrogens with zero attached hydrogens (tertiary/aromatic N) is 3. The molecule has 8 rings (SSSR count). The molecule has 5 aliphatic rings. The summed E-state index contributed by atoms with van der Waals surface area (Å²) in [6.07, 6.45) is 4.87. The van der Waals surface area contributed by atoms with Crippen molar-refractivity contribution in [2.75, 3.05) is 19.8 Å². The molecule has 56 heavy (non-hydrogen) atoms. The second kappa shape index (κ2) is 15.0. The summed E-state index contributed by atoms with van der Waals surface area (Å²) in [5.41, 5.74) is -2.06. The van der Waals surface area contributed by atoms with E-state index < -0.39 is 79.6 Å². The molecular formula is C40H48N6O9S. The van der Waals surface area contributed by atoms with E-state index in [-0.39, 0.29) is 43.9 Å². The second-order valence-electron chi connectivity index (χ2n) is 16.3. The van der Waals surface area contributed by atoms with E-state index in [1.54, 1.807) is 20.8 Å². The lowest BCUT2D eigenvalue weighted by Gasteiger charge is -2.35. The molecule has 4 bridgehead atoms. The highest BCUT2D eigenvalue weighted by atomic mass is 32.2. The van der Waals surface area contributed by atoms with Crippen molar-refractivity contribution in [3.8, 4) is 16.9 Å². The van der Waals surface area contributed by atoms with Crippen molar-refractivity contribution in [1.82, 2.24) is 30.0 Å². The van der Waals surface area contributed by atoms with Crippen molar-refractivity contribution < 1.29 is 37.1 Å². The van der Waals surface area contributed by atoms with E-state index in [1.165, 1.54) is 21.9 Å². The maximum absolute atomic E-state index is 14.6. The number of nitrogens with one attached hydrogen (secondary N) is 3. The summed E-state index contributed by atoms with van der Waals surface area (Å²) >= 11 is 0. The number of alkyl carbamates (subject to hydrolysis) is 1. The molecule has 298 valence electrons. The van der Waals surface area contributed by atoms with Gasteiger partial charge in [0.05, 0.1) is 36.3 Å². The van der Waals surface area contributed by atoms with Crippen LogP contribution in [-0.4, -0.2) is 89.5 Å². The zero-order valence-electron chi connectivity index (χ0n) is 31.8. The monoisotopic (exact) mass is 788 g/mol. The van der Waals surface area contributed by atoms with Crippen molar-refractivity contribution in [2.24, 2.45) is 11.3 Å². The van der Waals surface area contributed by atoms with E-state index >= 15 is 0 Å². The Morgan fingerprint density at radius 3 is 2.41 bits per heavy atom. The fourth-order valence-electron chi connectivity index (χ4n) is 7.64. The van der Waals surface area contributed by atoms with Gasteiger partial charge in [-0.2, -0.15) is 5.10 Å². The maximum atomic E-state index is 14.6. The number of carbonyl (C=O) groups is 4. The first-order valence-electron chi connectivity index (χ1n) is 19.1. The van der Waals surface area contributed by atoms with Gasteiger partial charge in [0.25, 0.3) is 11.5 Å². The zero-order valence-corrected chi connectivity index (χ0v) is 32.6. The lowest BCUT2D eigenvalue weighted by molar-refractivity contribution is -0.142. The van der Waals surface area contributed by atoms with E-state index in [0.29, 0.717) is 37.7 Å². The van der Waals surface area contributed by atoms with Crippen LogP contribution in [0.2, 0.25) is 0 Å². The largest absolute Gasteiger partial charge is 0.491 e. The first-order chi connectivity index (χ1) is 26.6. The zero-order chi connectivity index (χ0) is 40.0. The van der Waals surface area contributed by atoms with Crippen LogP contribution in [0.25, 0.3) is 21.9 Å². The molecule has 15 nitrogen and oxygen atoms in total. The quantitative estimate of drug-likeness (QED) is 0.298. The van der Waals surface area contributed by atoms with Crippen LogP contribution in [-0.2, 0) is 29.1 Å². The smallest absolute Gasteiger partial charge is 0.407 e. The van der Waals surface area contributed by atoms with Gasteiger partial charge in [0.1, 0.15) is 17.6 Å². The summed E-state index contributed by atoms with van der Waals surface area (Å²) in [5, 5.41) is 11.2. The SMILES string of the molecule is C=CC1CC1(NC(=O)[C@@H]1C[C@@H]2CN1C(=O)[C@H](C(C)(C)C)NC(=O)OCCCCCOc1cnn2c(=O)c1-c1ccc2ccccc2c1)C(=O)NS(=O)(=O)C1CC1. The summed E-state index contributed by atoms with van der Waals surface area (Å²) in [7, 11) is -3.94. The summed E-state index contributed by atoms with van der Waals surface area (Å²) in [6.45, 7) is 9.30. The lowest BCUT2D eigenvalue weighted by atomic mass is 9.85. The van der Waals surface area contributed by atoms with Crippen LogP contribution in [0.1, 0.15) is 71.8 Å². The highest BCUT2D eigenvalue weighted by molar-refractivity contribution is 7.91. The Bertz CT molecular complexity index is 2250. The average molecular weight is 789 g/mol. The number of amides is 4. The normalized spacial score (nSPS) is 25.9.